The number of methoxy groups -OCH3 is 1. The Morgan fingerprint density at radius 2 is 1.77 bits per heavy atom. The van der Waals surface area contributed by atoms with Crippen molar-refractivity contribution in [2.75, 3.05) is 39.9 Å². The van der Waals surface area contributed by atoms with E-state index in [1.54, 1.807) is 6.92 Å². The largest absolute Gasteiger partial charge is 0.495 e. The molecule has 0 aromatic heterocycles. The number of nitrogens with one attached hydrogen (secondary N) is 2. The molecule has 2 rings (SSSR count). The maximum absolute atomic E-state index is 13.3. The Hall–Kier alpha value is -2.33. The second-order valence-corrected chi connectivity index (χ2v) is 9.44. The number of rotatable bonds is 8. The normalized spacial score (nSPS) is 19.7. The Morgan fingerprint density at radius 3 is 2.37 bits per heavy atom. The maximum Gasteiger partial charge on any atom is 0.407 e. The predicted octanol–water partition coefficient (Wildman–Crippen LogP) is 1.84. The number of carbonyl (C=O) groups excluding carboxylic acids is 2. The fourth-order valence-electron chi connectivity index (χ4n) is 3.59. The number of hydrogen-bond acceptors (Lipinski definition) is 6. The van der Waals surface area contributed by atoms with Gasteiger partial charge in [0.05, 0.1) is 13.7 Å². The number of sulfonamides is 1. The van der Waals surface area contributed by atoms with E-state index in [1.807, 2.05) is 13.8 Å². The van der Waals surface area contributed by atoms with Gasteiger partial charge >= 0.3 is 6.09 Å². The van der Waals surface area contributed by atoms with Crippen LogP contribution in [0.4, 0.5) is 4.79 Å². The highest BCUT2D eigenvalue weighted by Gasteiger charge is 2.34. The minimum absolute atomic E-state index is 0.0244. The highest BCUT2D eigenvalue weighted by molar-refractivity contribution is 7.89. The molecule has 1 heterocycles. The molecule has 1 aliphatic heterocycles. The molecular formula is C20H31N3O6S. The lowest BCUT2D eigenvalue weighted by atomic mass is 9.94. The molecule has 2 unspecified atom stereocenters. The van der Waals surface area contributed by atoms with Crippen molar-refractivity contribution < 1.29 is 27.5 Å². The molecule has 1 fully saturated rings. The molecule has 2 atom stereocenters. The van der Waals surface area contributed by atoms with E-state index < -0.39 is 22.0 Å². The third-order valence-electron chi connectivity index (χ3n) is 4.83. The van der Waals surface area contributed by atoms with Crippen molar-refractivity contribution >= 4 is 22.0 Å². The van der Waals surface area contributed by atoms with Crippen molar-refractivity contribution in [1.29, 1.82) is 0 Å². The number of ether oxygens (including phenoxy) is 2. The number of nitrogens with zero attached hydrogens (tertiary/aromatic N) is 1. The van der Waals surface area contributed by atoms with Crippen LogP contribution in [-0.2, 0) is 14.8 Å². The number of hydrogen-bond donors (Lipinski definition) is 2. The van der Waals surface area contributed by atoms with Gasteiger partial charge in [-0.2, -0.15) is 4.31 Å². The van der Waals surface area contributed by atoms with Gasteiger partial charge in [-0.1, -0.05) is 13.8 Å². The fraction of sp³-hybridized carbons (Fsp3) is 0.600. The van der Waals surface area contributed by atoms with Gasteiger partial charge < -0.3 is 20.1 Å². The van der Waals surface area contributed by atoms with E-state index in [2.05, 4.69) is 10.6 Å². The predicted molar refractivity (Wildman–Crippen MR) is 112 cm³/mol. The van der Waals surface area contributed by atoms with E-state index in [4.69, 9.17) is 9.47 Å². The third kappa shape index (κ3) is 6.09. The summed E-state index contributed by atoms with van der Waals surface area (Å²) in [6.07, 6.45) is 0.417. The first-order valence-electron chi connectivity index (χ1n) is 10.1. The average molecular weight is 442 g/mol. The van der Waals surface area contributed by atoms with Gasteiger partial charge in [-0.05, 0) is 43.4 Å². The molecule has 1 saturated heterocycles. The van der Waals surface area contributed by atoms with Crippen molar-refractivity contribution in [2.45, 2.75) is 32.1 Å². The lowest BCUT2D eigenvalue weighted by Gasteiger charge is -2.34. The highest BCUT2D eigenvalue weighted by atomic mass is 32.2. The Balaban J connectivity index is 2.14. The molecule has 0 spiro atoms. The Morgan fingerprint density at radius 1 is 1.13 bits per heavy atom. The lowest BCUT2D eigenvalue weighted by molar-refractivity contribution is 0.0952. The van der Waals surface area contributed by atoms with Gasteiger partial charge in [-0.3, -0.25) is 4.79 Å². The Labute approximate surface area is 178 Å². The van der Waals surface area contributed by atoms with Crippen molar-refractivity contribution in [1.82, 2.24) is 14.9 Å². The molecule has 1 aromatic carbocycles. The van der Waals surface area contributed by atoms with Gasteiger partial charge in [0.1, 0.15) is 10.6 Å². The van der Waals surface area contributed by atoms with E-state index >= 15 is 0 Å². The van der Waals surface area contributed by atoms with E-state index in [1.165, 1.54) is 29.6 Å². The van der Waals surface area contributed by atoms with Crippen LogP contribution < -0.4 is 15.4 Å². The zero-order valence-corrected chi connectivity index (χ0v) is 18.8. The summed E-state index contributed by atoms with van der Waals surface area (Å²) in [6.45, 7) is 7.25. The molecule has 10 heteroatoms. The number of amides is 2. The Bertz CT molecular complexity index is 848. The molecule has 9 nitrogen and oxygen atoms in total. The van der Waals surface area contributed by atoms with Crippen LogP contribution in [0, 0.1) is 11.8 Å². The topological polar surface area (TPSA) is 114 Å². The average Bonchev–Trinajstić information content (AvgIpc) is 2.70. The standard InChI is InChI=1S/C20H31N3O6S/c1-5-29-20(25)22-9-8-21-19(24)16-6-7-17(28-4)18(11-16)30(26,27)23-12-14(2)10-15(3)13-23/h6-7,11,14-15H,5,8-10,12-13H2,1-4H3,(H,21,24)(H,22,25). The summed E-state index contributed by atoms with van der Waals surface area (Å²) in [6, 6.07) is 4.33. The summed E-state index contributed by atoms with van der Waals surface area (Å²) in [5.74, 6) is 0.266. The number of benzene rings is 1. The van der Waals surface area contributed by atoms with Crippen LogP contribution in [0.3, 0.4) is 0 Å². The van der Waals surface area contributed by atoms with Crippen LogP contribution in [0.15, 0.2) is 23.1 Å². The van der Waals surface area contributed by atoms with Crippen LogP contribution in [0.1, 0.15) is 37.6 Å². The summed E-state index contributed by atoms with van der Waals surface area (Å²) in [4.78, 5) is 23.7. The molecule has 2 N–H and O–H groups in total. The van der Waals surface area contributed by atoms with Crippen LogP contribution in [0.5, 0.6) is 5.75 Å². The van der Waals surface area contributed by atoms with Gasteiger partial charge in [-0.25, -0.2) is 13.2 Å². The zero-order chi connectivity index (χ0) is 22.3. The first kappa shape index (κ1) is 23.9. The van der Waals surface area contributed by atoms with Crippen LogP contribution in [0.25, 0.3) is 0 Å². The van der Waals surface area contributed by atoms with Crippen molar-refractivity contribution in [3.8, 4) is 5.75 Å². The highest BCUT2D eigenvalue weighted by Crippen LogP contribution is 2.32. The second-order valence-electron chi connectivity index (χ2n) is 7.54. The minimum atomic E-state index is -3.81. The minimum Gasteiger partial charge on any atom is -0.495 e. The molecule has 1 aliphatic rings. The summed E-state index contributed by atoms with van der Waals surface area (Å²) in [5, 5.41) is 5.14. The van der Waals surface area contributed by atoms with E-state index in [9.17, 15) is 18.0 Å². The molecule has 0 saturated carbocycles. The van der Waals surface area contributed by atoms with Crippen molar-refractivity contribution in [3.63, 3.8) is 0 Å². The van der Waals surface area contributed by atoms with Crippen LogP contribution >= 0.6 is 0 Å². The maximum atomic E-state index is 13.3. The van der Waals surface area contributed by atoms with Crippen LogP contribution in [-0.4, -0.2) is 64.6 Å². The van der Waals surface area contributed by atoms with E-state index in [-0.39, 0.29) is 47.7 Å². The smallest absolute Gasteiger partial charge is 0.407 e. The van der Waals surface area contributed by atoms with Gasteiger partial charge in [0.15, 0.2) is 0 Å². The van der Waals surface area contributed by atoms with E-state index in [0.717, 1.165) is 6.42 Å². The van der Waals surface area contributed by atoms with Crippen LogP contribution in [0.2, 0.25) is 0 Å². The third-order valence-corrected chi connectivity index (χ3v) is 6.69. The number of carbonyl (C=O) groups is 2. The summed E-state index contributed by atoms with van der Waals surface area (Å²) in [7, 11) is -2.42. The van der Waals surface area contributed by atoms with Gasteiger partial charge in [0.25, 0.3) is 5.91 Å². The van der Waals surface area contributed by atoms with Gasteiger partial charge in [0.2, 0.25) is 10.0 Å². The number of piperidine rings is 1. The molecule has 2 amide bonds. The number of alkyl carbamates (subject to hydrolysis) is 1. The van der Waals surface area contributed by atoms with Crippen molar-refractivity contribution in [3.05, 3.63) is 23.8 Å². The zero-order valence-electron chi connectivity index (χ0n) is 17.9. The van der Waals surface area contributed by atoms with Gasteiger partial charge in [-0.15, -0.1) is 0 Å². The monoisotopic (exact) mass is 441 g/mol. The fourth-order valence-corrected chi connectivity index (χ4v) is 5.45. The van der Waals surface area contributed by atoms with E-state index in [0.29, 0.717) is 13.1 Å². The first-order valence-corrected chi connectivity index (χ1v) is 11.5. The summed E-state index contributed by atoms with van der Waals surface area (Å²) < 4.78 is 38.0. The molecule has 30 heavy (non-hydrogen) atoms. The summed E-state index contributed by atoms with van der Waals surface area (Å²) in [5.41, 5.74) is 0.198. The molecule has 0 bridgehead atoms. The van der Waals surface area contributed by atoms with Gasteiger partial charge in [0, 0.05) is 31.7 Å². The molecule has 1 aromatic rings. The lowest BCUT2D eigenvalue weighted by Crippen LogP contribution is -2.42. The molecule has 0 radical (unpaired) electrons. The molecule has 0 aliphatic carbocycles. The second kappa shape index (κ2) is 10.6. The Kier molecular flexibility index (Phi) is 8.48. The van der Waals surface area contributed by atoms with Crippen molar-refractivity contribution in [2.24, 2.45) is 11.8 Å². The molecule has 168 valence electrons. The molecular weight excluding hydrogens is 410 g/mol. The summed E-state index contributed by atoms with van der Waals surface area (Å²) >= 11 is 0. The SMILES string of the molecule is CCOC(=O)NCCNC(=O)c1ccc(OC)c(S(=O)(=O)N2CC(C)CC(C)C2)c1. The quantitative estimate of drug-likeness (QED) is 0.595. The first-order chi connectivity index (χ1) is 14.2.